The zero-order valence-corrected chi connectivity index (χ0v) is 19.2. The minimum Gasteiger partial charge on any atom is -0.494 e. The average molecular weight is 443 g/mol. The summed E-state index contributed by atoms with van der Waals surface area (Å²) in [7, 11) is 0. The van der Waals surface area contributed by atoms with Gasteiger partial charge in [0.25, 0.3) is 0 Å². The first-order valence-corrected chi connectivity index (χ1v) is 11.6. The van der Waals surface area contributed by atoms with E-state index in [2.05, 4.69) is 36.4 Å². The third-order valence-corrected chi connectivity index (χ3v) is 5.40. The predicted molar refractivity (Wildman–Crippen MR) is 135 cm³/mol. The SMILES string of the molecule is CC=Cc1ccc(CCCCCCOc2ccc(C=CC(=O)c3ccc(F)cc3)cc2)cc1. The molecule has 170 valence electrons. The second-order valence-electron chi connectivity index (χ2n) is 8.03. The summed E-state index contributed by atoms with van der Waals surface area (Å²) in [4.78, 5) is 12.1. The van der Waals surface area contributed by atoms with Crippen molar-refractivity contribution in [1.29, 1.82) is 0 Å². The van der Waals surface area contributed by atoms with E-state index in [9.17, 15) is 9.18 Å². The van der Waals surface area contributed by atoms with Gasteiger partial charge in [-0.2, -0.15) is 0 Å². The van der Waals surface area contributed by atoms with E-state index in [4.69, 9.17) is 4.74 Å². The minimum atomic E-state index is -0.350. The Labute approximate surface area is 196 Å². The van der Waals surface area contributed by atoms with Gasteiger partial charge >= 0.3 is 0 Å². The molecule has 3 aromatic rings. The number of ketones is 1. The molecule has 0 aliphatic carbocycles. The van der Waals surface area contributed by atoms with Gasteiger partial charge in [-0.15, -0.1) is 0 Å². The zero-order valence-electron chi connectivity index (χ0n) is 19.2. The van der Waals surface area contributed by atoms with Crippen LogP contribution in [0.25, 0.3) is 12.2 Å². The van der Waals surface area contributed by atoms with E-state index in [1.165, 1.54) is 54.3 Å². The van der Waals surface area contributed by atoms with E-state index in [0.29, 0.717) is 12.2 Å². The van der Waals surface area contributed by atoms with Gasteiger partial charge in [0.05, 0.1) is 6.61 Å². The van der Waals surface area contributed by atoms with Crippen LogP contribution in [0.2, 0.25) is 0 Å². The van der Waals surface area contributed by atoms with Gasteiger partial charge in [-0.25, -0.2) is 4.39 Å². The molecule has 0 heterocycles. The summed E-state index contributed by atoms with van der Waals surface area (Å²) >= 11 is 0. The molecule has 3 rings (SSSR count). The van der Waals surface area contributed by atoms with Gasteiger partial charge in [-0.05, 0) is 85.4 Å². The van der Waals surface area contributed by atoms with Gasteiger partial charge in [-0.3, -0.25) is 4.79 Å². The monoisotopic (exact) mass is 442 g/mol. The zero-order chi connectivity index (χ0) is 23.3. The van der Waals surface area contributed by atoms with E-state index in [1.807, 2.05) is 31.2 Å². The molecule has 33 heavy (non-hydrogen) atoms. The van der Waals surface area contributed by atoms with Crippen molar-refractivity contribution in [2.45, 2.75) is 39.0 Å². The number of unbranched alkanes of at least 4 members (excludes halogenated alkanes) is 3. The van der Waals surface area contributed by atoms with E-state index in [1.54, 1.807) is 6.08 Å². The minimum absolute atomic E-state index is 0.152. The lowest BCUT2D eigenvalue weighted by Gasteiger charge is -2.07. The highest BCUT2D eigenvalue weighted by Gasteiger charge is 2.02. The molecule has 0 aliphatic heterocycles. The van der Waals surface area contributed by atoms with Crippen LogP contribution in [0.5, 0.6) is 5.75 Å². The van der Waals surface area contributed by atoms with Crippen molar-refractivity contribution in [3.8, 4) is 5.75 Å². The molecule has 0 saturated heterocycles. The number of ether oxygens (including phenoxy) is 1. The molecule has 0 N–H and O–H groups in total. The van der Waals surface area contributed by atoms with Gasteiger partial charge in [-0.1, -0.05) is 67.5 Å². The number of carbonyl (C=O) groups is 1. The number of halogens is 1. The Hall–Kier alpha value is -3.46. The molecular weight excluding hydrogens is 411 g/mol. The van der Waals surface area contributed by atoms with Gasteiger partial charge in [0.15, 0.2) is 5.78 Å². The fraction of sp³-hybridized carbons (Fsp3) is 0.233. The lowest BCUT2D eigenvalue weighted by atomic mass is 10.0. The Morgan fingerprint density at radius 2 is 1.42 bits per heavy atom. The van der Waals surface area contributed by atoms with Crippen LogP contribution in [0, 0.1) is 5.82 Å². The number of carbonyl (C=O) groups excluding carboxylic acids is 1. The second-order valence-corrected chi connectivity index (χ2v) is 8.03. The van der Waals surface area contributed by atoms with Gasteiger partial charge in [0, 0.05) is 5.56 Å². The van der Waals surface area contributed by atoms with Crippen LogP contribution < -0.4 is 4.74 Å². The smallest absolute Gasteiger partial charge is 0.185 e. The molecule has 0 bridgehead atoms. The van der Waals surface area contributed by atoms with Gasteiger partial charge < -0.3 is 4.74 Å². The first-order chi connectivity index (χ1) is 16.1. The van der Waals surface area contributed by atoms with Gasteiger partial charge in [0.1, 0.15) is 11.6 Å². The molecule has 0 fully saturated rings. The maximum Gasteiger partial charge on any atom is 0.185 e. The second kappa shape index (κ2) is 13.2. The standard InChI is InChI=1S/C30H31FO2/c1-2-7-24-9-11-25(12-10-24)8-5-3-4-6-23-33-29-20-13-26(14-21-29)15-22-30(32)27-16-18-28(31)19-17-27/h2,7,9-22H,3-6,8,23H2,1H3. The molecule has 0 aromatic heterocycles. The topological polar surface area (TPSA) is 26.3 Å². The number of aryl methyl sites for hydroxylation is 1. The molecule has 0 saturated carbocycles. The van der Waals surface area contributed by atoms with Crippen LogP contribution in [-0.4, -0.2) is 12.4 Å². The molecule has 0 spiro atoms. The lowest BCUT2D eigenvalue weighted by Crippen LogP contribution is -1.97. The Morgan fingerprint density at radius 3 is 2.12 bits per heavy atom. The molecule has 0 unspecified atom stereocenters. The molecule has 2 nitrogen and oxygen atoms in total. The molecule has 3 aromatic carbocycles. The normalized spacial score (nSPS) is 11.3. The first kappa shape index (κ1) is 24.2. The largest absolute Gasteiger partial charge is 0.494 e. The molecular formula is C30H31FO2. The molecule has 0 aliphatic rings. The summed E-state index contributed by atoms with van der Waals surface area (Å²) in [5.74, 6) is 0.330. The first-order valence-electron chi connectivity index (χ1n) is 11.6. The summed E-state index contributed by atoms with van der Waals surface area (Å²) < 4.78 is 18.8. The summed E-state index contributed by atoms with van der Waals surface area (Å²) in [5.41, 5.74) is 4.03. The Morgan fingerprint density at radius 1 is 0.788 bits per heavy atom. The fourth-order valence-electron chi connectivity index (χ4n) is 3.52. The number of hydrogen-bond donors (Lipinski definition) is 0. The third-order valence-electron chi connectivity index (χ3n) is 5.40. The van der Waals surface area contributed by atoms with Crippen molar-refractivity contribution in [2.75, 3.05) is 6.61 Å². The van der Waals surface area contributed by atoms with Crippen molar-refractivity contribution < 1.29 is 13.9 Å². The highest BCUT2D eigenvalue weighted by molar-refractivity contribution is 6.06. The summed E-state index contributed by atoms with van der Waals surface area (Å²) in [6.45, 7) is 2.74. The van der Waals surface area contributed by atoms with Gasteiger partial charge in [0.2, 0.25) is 0 Å². The number of rotatable bonds is 12. The van der Waals surface area contributed by atoms with Crippen molar-refractivity contribution in [1.82, 2.24) is 0 Å². The van der Waals surface area contributed by atoms with Crippen molar-refractivity contribution in [3.05, 3.63) is 113 Å². The number of allylic oxidation sites excluding steroid dienone is 2. The number of benzene rings is 3. The highest BCUT2D eigenvalue weighted by Crippen LogP contribution is 2.15. The number of hydrogen-bond acceptors (Lipinski definition) is 2. The van der Waals surface area contributed by atoms with Crippen LogP contribution >= 0.6 is 0 Å². The summed E-state index contributed by atoms with van der Waals surface area (Å²) in [6, 6.07) is 22.0. The van der Waals surface area contributed by atoms with E-state index < -0.39 is 0 Å². The van der Waals surface area contributed by atoms with E-state index >= 15 is 0 Å². The Balaban J connectivity index is 1.31. The van der Waals surface area contributed by atoms with Crippen LogP contribution in [0.3, 0.4) is 0 Å². The highest BCUT2D eigenvalue weighted by atomic mass is 19.1. The van der Waals surface area contributed by atoms with E-state index in [-0.39, 0.29) is 11.6 Å². The van der Waals surface area contributed by atoms with Crippen molar-refractivity contribution >= 4 is 17.9 Å². The molecule has 0 radical (unpaired) electrons. The van der Waals surface area contributed by atoms with Crippen LogP contribution in [0.15, 0.2) is 84.9 Å². The quantitative estimate of drug-likeness (QED) is 0.162. The van der Waals surface area contributed by atoms with E-state index in [0.717, 1.165) is 30.6 Å². The average Bonchev–Trinajstić information content (AvgIpc) is 2.84. The molecule has 0 atom stereocenters. The van der Waals surface area contributed by atoms with Crippen molar-refractivity contribution in [3.63, 3.8) is 0 Å². The lowest BCUT2D eigenvalue weighted by molar-refractivity contribution is 0.104. The maximum absolute atomic E-state index is 13.0. The molecule has 3 heteroatoms. The fourth-order valence-corrected chi connectivity index (χ4v) is 3.52. The maximum atomic E-state index is 13.0. The Kier molecular flexibility index (Phi) is 9.65. The third kappa shape index (κ3) is 8.53. The predicted octanol–water partition coefficient (Wildman–Crippen LogP) is 7.94. The molecule has 0 amide bonds. The summed E-state index contributed by atoms with van der Waals surface area (Å²) in [5, 5.41) is 0. The van der Waals surface area contributed by atoms with Crippen LogP contribution in [0.4, 0.5) is 4.39 Å². The van der Waals surface area contributed by atoms with Crippen LogP contribution in [-0.2, 0) is 6.42 Å². The summed E-state index contributed by atoms with van der Waals surface area (Å²) in [6.07, 6.45) is 13.1. The Bertz CT molecular complexity index is 1050. The van der Waals surface area contributed by atoms with Crippen molar-refractivity contribution in [2.24, 2.45) is 0 Å². The van der Waals surface area contributed by atoms with Crippen LogP contribution in [0.1, 0.15) is 59.7 Å².